The molecule has 11 heteroatoms. The van der Waals surface area contributed by atoms with Crippen LogP contribution in [0, 0.1) is 0 Å². The van der Waals surface area contributed by atoms with E-state index in [1.807, 2.05) is 37.3 Å². The van der Waals surface area contributed by atoms with Gasteiger partial charge in [0.15, 0.2) is 0 Å². The number of benzene rings is 4. The Balaban J connectivity index is 1.17. The number of hydrogen-bond acceptors (Lipinski definition) is 8. The number of rotatable bonds is 13. The Hall–Kier alpha value is -5.65. The van der Waals surface area contributed by atoms with Gasteiger partial charge in [0.2, 0.25) is 5.91 Å². The Bertz CT molecular complexity index is 2170. The Morgan fingerprint density at radius 3 is 2.35 bits per heavy atom. The van der Waals surface area contributed by atoms with E-state index < -0.39 is 23.0 Å². The molecule has 3 N–H and O–H groups in total. The molecule has 0 spiro atoms. The van der Waals surface area contributed by atoms with Crippen molar-refractivity contribution in [3.05, 3.63) is 148 Å². The standard InChI is InChI=1S/C43H41N3O6S2/c1-4-36(41(49)46-42-38(43(50)52-3)34-22-21-30(25-37(34)54-42)28-14-7-5-8-15-28)53-33-20-12-18-31(26-33)44-40(48)35(24-27-13-11-19-32(23-27)51-2)45-39(47)29-16-9-6-10-17-29/h5-20,23-24,26,30,36H,4,21-22,25H2,1-3H3,(H,44,48)(H,45,47)(H,46,49)/b35-24-. The van der Waals surface area contributed by atoms with Gasteiger partial charge in [0.1, 0.15) is 16.4 Å². The van der Waals surface area contributed by atoms with Crippen LogP contribution in [-0.4, -0.2) is 43.2 Å². The van der Waals surface area contributed by atoms with Gasteiger partial charge < -0.3 is 25.4 Å². The Kier molecular flexibility index (Phi) is 12.6. The van der Waals surface area contributed by atoms with Crippen LogP contribution in [0.5, 0.6) is 5.75 Å². The summed E-state index contributed by atoms with van der Waals surface area (Å²) in [5.41, 5.74) is 4.25. The molecule has 4 aromatic carbocycles. The van der Waals surface area contributed by atoms with Gasteiger partial charge in [0, 0.05) is 21.0 Å². The zero-order valence-electron chi connectivity index (χ0n) is 30.2. The van der Waals surface area contributed by atoms with Crippen molar-refractivity contribution in [2.75, 3.05) is 24.9 Å². The van der Waals surface area contributed by atoms with Crippen molar-refractivity contribution in [1.29, 1.82) is 0 Å². The van der Waals surface area contributed by atoms with Crippen molar-refractivity contribution >= 4 is 63.6 Å². The van der Waals surface area contributed by atoms with Gasteiger partial charge in [-0.25, -0.2) is 4.79 Å². The lowest BCUT2D eigenvalue weighted by atomic mass is 9.83. The van der Waals surface area contributed by atoms with Crippen LogP contribution >= 0.6 is 23.1 Å². The smallest absolute Gasteiger partial charge is 0.341 e. The van der Waals surface area contributed by atoms with Crippen molar-refractivity contribution in [3.8, 4) is 5.75 Å². The summed E-state index contributed by atoms with van der Waals surface area (Å²) in [5.74, 6) is -0.697. The Morgan fingerprint density at radius 1 is 0.889 bits per heavy atom. The van der Waals surface area contributed by atoms with E-state index in [1.165, 1.54) is 35.8 Å². The van der Waals surface area contributed by atoms with E-state index in [2.05, 4.69) is 28.1 Å². The van der Waals surface area contributed by atoms with E-state index in [0.29, 0.717) is 45.5 Å². The minimum Gasteiger partial charge on any atom is -0.497 e. The third kappa shape index (κ3) is 9.28. The number of hydrogen-bond donors (Lipinski definition) is 3. The molecule has 2 atom stereocenters. The highest BCUT2D eigenvalue weighted by Gasteiger charge is 2.31. The molecule has 1 aliphatic rings. The van der Waals surface area contributed by atoms with Gasteiger partial charge in [-0.15, -0.1) is 23.1 Å². The first-order valence-electron chi connectivity index (χ1n) is 17.6. The minimum atomic E-state index is -0.527. The number of amides is 3. The summed E-state index contributed by atoms with van der Waals surface area (Å²) in [6, 6.07) is 33.4. The molecule has 0 fully saturated rings. The summed E-state index contributed by atoms with van der Waals surface area (Å²) in [6.07, 6.45) is 4.52. The van der Waals surface area contributed by atoms with Gasteiger partial charge in [-0.3, -0.25) is 14.4 Å². The molecule has 54 heavy (non-hydrogen) atoms. The number of methoxy groups -OCH3 is 2. The minimum absolute atomic E-state index is 0.0381. The van der Waals surface area contributed by atoms with Gasteiger partial charge in [-0.2, -0.15) is 0 Å². The SMILES string of the molecule is CCC(Sc1cccc(NC(=O)/C(=C/c2cccc(OC)c2)NC(=O)c2ccccc2)c1)C(=O)Nc1sc2c(c1C(=O)OC)CCC(c1ccccc1)C2. The Labute approximate surface area is 323 Å². The molecule has 6 rings (SSSR count). The number of thiophene rings is 1. The van der Waals surface area contributed by atoms with E-state index >= 15 is 0 Å². The zero-order chi connectivity index (χ0) is 38.0. The molecule has 276 valence electrons. The van der Waals surface area contributed by atoms with Crippen LogP contribution in [0.3, 0.4) is 0 Å². The molecule has 0 saturated carbocycles. The van der Waals surface area contributed by atoms with E-state index in [0.717, 1.165) is 34.6 Å². The molecule has 5 aromatic rings. The number of thioether (sulfide) groups is 1. The summed E-state index contributed by atoms with van der Waals surface area (Å²) in [6.45, 7) is 1.93. The first-order chi connectivity index (χ1) is 26.3. The van der Waals surface area contributed by atoms with E-state index in [4.69, 9.17) is 9.47 Å². The molecule has 0 aliphatic heterocycles. The van der Waals surface area contributed by atoms with E-state index in [9.17, 15) is 19.2 Å². The second kappa shape index (κ2) is 17.9. The van der Waals surface area contributed by atoms with Crippen molar-refractivity contribution in [1.82, 2.24) is 5.32 Å². The number of ether oxygens (including phenoxy) is 2. The second-order valence-electron chi connectivity index (χ2n) is 12.7. The van der Waals surface area contributed by atoms with Crippen LogP contribution in [0.1, 0.15) is 68.0 Å². The molecule has 0 bridgehead atoms. The third-order valence-corrected chi connectivity index (χ3v) is 11.7. The number of carbonyl (C=O) groups is 4. The van der Waals surface area contributed by atoms with Crippen LogP contribution in [0.25, 0.3) is 6.08 Å². The van der Waals surface area contributed by atoms with Crippen LogP contribution in [0.2, 0.25) is 0 Å². The van der Waals surface area contributed by atoms with E-state index in [-0.39, 0.29) is 11.6 Å². The maximum atomic E-state index is 13.8. The summed E-state index contributed by atoms with van der Waals surface area (Å²) < 4.78 is 10.5. The maximum Gasteiger partial charge on any atom is 0.341 e. The molecule has 0 radical (unpaired) electrons. The fourth-order valence-corrected chi connectivity index (χ4v) is 8.70. The van der Waals surface area contributed by atoms with Crippen molar-refractivity contribution in [3.63, 3.8) is 0 Å². The highest BCUT2D eigenvalue weighted by Crippen LogP contribution is 2.43. The first-order valence-corrected chi connectivity index (χ1v) is 19.3. The van der Waals surface area contributed by atoms with Crippen LogP contribution in [0.4, 0.5) is 10.7 Å². The predicted octanol–water partition coefficient (Wildman–Crippen LogP) is 8.73. The first kappa shape index (κ1) is 38.1. The zero-order valence-corrected chi connectivity index (χ0v) is 31.9. The number of fused-ring (bicyclic) bond motifs is 1. The number of nitrogens with one attached hydrogen (secondary N) is 3. The van der Waals surface area contributed by atoms with Gasteiger partial charge in [-0.1, -0.05) is 73.7 Å². The molecule has 3 amide bonds. The van der Waals surface area contributed by atoms with Crippen LogP contribution in [-0.2, 0) is 27.2 Å². The third-order valence-electron chi connectivity index (χ3n) is 9.13. The summed E-state index contributed by atoms with van der Waals surface area (Å²) in [4.78, 5) is 55.5. The molecule has 2 unspecified atom stereocenters. The highest BCUT2D eigenvalue weighted by molar-refractivity contribution is 8.00. The molecule has 1 heterocycles. The largest absolute Gasteiger partial charge is 0.497 e. The summed E-state index contributed by atoms with van der Waals surface area (Å²) in [5, 5.41) is 8.74. The van der Waals surface area contributed by atoms with E-state index in [1.54, 1.807) is 79.9 Å². The lowest BCUT2D eigenvalue weighted by molar-refractivity contribution is -0.116. The maximum absolute atomic E-state index is 13.8. The normalized spacial score (nSPS) is 14.3. The monoisotopic (exact) mass is 759 g/mol. The molecule has 1 aliphatic carbocycles. The molecular formula is C43H41N3O6S2. The molecule has 0 saturated heterocycles. The molecular weight excluding hydrogens is 719 g/mol. The van der Waals surface area contributed by atoms with Crippen molar-refractivity contribution < 1.29 is 28.7 Å². The van der Waals surface area contributed by atoms with Gasteiger partial charge >= 0.3 is 5.97 Å². The van der Waals surface area contributed by atoms with Crippen LogP contribution < -0.4 is 20.7 Å². The average molecular weight is 760 g/mol. The van der Waals surface area contributed by atoms with Gasteiger partial charge in [-0.05, 0) is 96.8 Å². The van der Waals surface area contributed by atoms with Gasteiger partial charge in [0.05, 0.1) is 25.0 Å². The Morgan fingerprint density at radius 2 is 1.63 bits per heavy atom. The number of carbonyl (C=O) groups excluding carboxylic acids is 4. The highest BCUT2D eigenvalue weighted by atomic mass is 32.2. The summed E-state index contributed by atoms with van der Waals surface area (Å²) in [7, 11) is 2.92. The fourth-order valence-electron chi connectivity index (χ4n) is 6.37. The lowest BCUT2D eigenvalue weighted by Crippen LogP contribution is -2.30. The number of esters is 1. The topological polar surface area (TPSA) is 123 Å². The molecule has 9 nitrogen and oxygen atoms in total. The summed E-state index contributed by atoms with van der Waals surface area (Å²) >= 11 is 2.81. The van der Waals surface area contributed by atoms with Crippen molar-refractivity contribution in [2.24, 2.45) is 0 Å². The predicted molar refractivity (Wildman–Crippen MR) is 215 cm³/mol. The van der Waals surface area contributed by atoms with Crippen molar-refractivity contribution in [2.45, 2.75) is 48.7 Å². The molecule has 1 aromatic heterocycles. The average Bonchev–Trinajstić information content (AvgIpc) is 3.57. The van der Waals surface area contributed by atoms with Crippen LogP contribution in [0.15, 0.2) is 120 Å². The lowest BCUT2D eigenvalue weighted by Gasteiger charge is -2.22. The van der Waals surface area contributed by atoms with Gasteiger partial charge in [0.25, 0.3) is 11.8 Å². The fraction of sp³-hybridized carbons (Fsp3) is 0.209. The quantitative estimate of drug-likeness (QED) is 0.0624. The number of anilines is 2. The second-order valence-corrected chi connectivity index (χ2v) is 15.1.